The Kier molecular flexibility index (Phi) is 5.85. The Morgan fingerprint density at radius 3 is 2.59 bits per heavy atom. The first-order valence-electron chi connectivity index (χ1n) is 8.29. The van der Waals surface area contributed by atoms with Gasteiger partial charge in [0.2, 0.25) is 5.95 Å². The van der Waals surface area contributed by atoms with E-state index < -0.39 is 4.92 Å². The molecule has 0 radical (unpaired) electrons. The Morgan fingerprint density at radius 2 is 1.85 bits per heavy atom. The van der Waals surface area contributed by atoms with Crippen molar-refractivity contribution in [3.8, 4) is 11.4 Å². The summed E-state index contributed by atoms with van der Waals surface area (Å²) in [6.07, 6.45) is 1.67. The maximum atomic E-state index is 11.2. The highest BCUT2D eigenvalue weighted by Crippen LogP contribution is 2.22. The lowest BCUT2D eigenvalue weighted by Gasteiger charge is -2.11. The van der Waals surface area contributed by atoms with Crippen LogP contribution >= 0.6 is 0 Å². The molecule has 9 nitrogen and oxygen atoms in total. The molecule has 0 atom stereocenters. The van der Waals surface area contributed by atoms with Crippen LogP contribution in [0, 0.1) is 10.1 Å². The van der Waals surface area contributed by atoms with Crippen molar-refractivity contribution in [2.24, 2.45) is 0 Å². The van der Waals surface area contributed by atoms with Gasteiger partial charge in [-0.05, 0) is 12.1 Å². The van der Waals surface area contributed by atoms with Crippen LogP contribution < -0.4 is 10.6 Å². The second-order valence-electron chi connectivity index (χ2n) is 5.57. The van der Waals surface area contributed by atoms with E-state index in [9.17, 15) is 10.1 Å². The lowest BCUT2D eigenvalue weighted by Crippen LogP contribution is -2.11. The number of para-hydroxylation sites is 1. The van der Waals surface area contributed by atoms with Gasteiger partial charge in [-0.3, -0.25) is 15.1 Å². The molecule has 0 fully saturated rings. The van der Waals surface area contributed by atoms with E-state index in [-0.39, 0.29) is 18.8 Å². The van der Waals surface area contributed by atoms with Gasteiger partial charge in [0.1, 0.15) is 5.82 Å². The van der Waals surface area contributed by atoms with Crippen molar-refractivity contribution < 1.29 is 10.0 Å². The quantitative estimate of drug-likeness (QED) is 0.410. The smallest absolute Gasteiger partial charge is 0.274 e. The molecule has 0 saturated heterocycles. The number of nitrogens with one attached hydrogen (secondary N) is 2. The third kappa shape index (κ3) is 4.73. The molecule has 3 N–H and O–H groups in total. The Hall–Kier alpha value is -3.59. The van der Waals surface area contributed by atoms with E-state index in [0.29, 0.717) is 35.3 Å². The Balaban J connectivity index is 1.87. The van der Waals surface area contributed by atoms with E-state index in [1.54, 1.807) is 30.5 Å². The van der Waals surface area contributed by atoms with Crippen molar-refractivity contribution in [2.45, 2.75) is 6.54 Å². The molecule has 0 saturated carbocycles. The summed E-state index contributed by atoms with van der Waals surface area (Å²) in [5.41, 5.74) is 1.85. The molecule has 3 aromatic rings. The normalized spacial score (nSPS) is 10.4. The van der Waals surface area contributed by atoms with Crippen LogP contribution in [0.1, 0.15) is 5.56 Å². The molecule has 0 unspecified atom stereocenters. The van der Waals surface area contributed by atoms with Crippen molar-refractivity contribution in [1.29, 1.82) is 0 Å². The van der Waals surface area contributed by atoms with Gasteiger partial charge < -0.3 is 15.7 Å². The van der Waals surface area contributed by atoms with Gasteiger partial charge in [-0.1, -0.05) is 24.3 Å². The summed E-state index contributed by atoms with van der Waals surface area (Å²) in [7, 11) is 0. The molecule has 0 aliphatic rings. The second kappa shape index (κ2) is 8.68. The molecule has 0 aliphatic carbocycles. The standard InChI is InChI=1S/C18H18N6O3/c25-10-9-20-18-22-15(14-6-3-4-8-19-14)11-17(23-18)21-12-13-5-1-2-7-16(13)24(26)27/h1-8,11,25H,9-10,12H2,(H2,20,21,22,23). The number of benzene rings is 1. The van der Waals surface area contributed by atoms with Gasteiger partial charge in [0.15, 0.2) is 0 Å². The summed E-state index contributed by atoms with van der Waals surface area (Å²) in [6, 6.07) is 13.7. The van der Waals surface area contributed by atoms with Crippen LogP contribution in [0.5, 0.6) is 0 Å². The zero-order chi connectivity index (χ0) is 19.1. The SMILES string of the molecule is O=[N+]([O-])c1ccccc1CNc1cc(-c2ccccn2)nc(NCCO)n1. The van der Waals surface area contributed by atoms with Gasteiger partial charge in [-0.15, -0.1) is 0 Å². The minimum absolute atomic E-state index is 0.0441. The first kappa shape index (κ1) is 18.2. The molecule has 27 heavy (non-hydrogen) atoms. The predicted octanol–water partition coefficient (Wildman–Crippen LogP) is 2.46. The average molecular weight is 366 g/mol. The summed E-state index contributed by atoms with van der Waals surface area (Å²) in [5.74, 6) is 0.821. The van der Waals surface area contributed by atoms with Crippen LogP contribution in [0.2, 0.25) is 0 Å². The van der Waals surface area contributed by atoms with Gasteiger partial charge in [0.05, 0.1) is 22.9 Å². The highest BCUT2D eigenvalue weighted by molar-refractivity contribution is 5.61. The van der Waals surface area contributed by atoms with Gasteiger partial charge in [-0.25, -0.2) is 4.98 Å². The molecule has 0 bridgehead atoms. The van der Waals surface area contributed by atoms with Crippen LogP contribution in [0.25, 0.3) is 11.4 Å². The largest absolute Gasteiger partial charge is 0.395 e. The number of aliphatic hydroxyl groups excluding tert-OH is 1. The number of anilines is 2. The molecule has 0 amide bonds. The first-order valence-corrected chi connectivity index (χ1v) is 8.29. The van der Waals surface area contributed by atoms with Gasteiger partial charge in [0.25, 0.3) is 5.69 Å². The molecule has 0 spiro atoms. The van der Waals surface area contributed by atoms with Crippen LogP contribution in [-0.4, -0.2) is 38.1 Å². The van der Waals surface area contributed by atoms with Crippen LogP contribution in [0.3, 0.4) is 0 Å². The number of pyridine rings is 1. The molecule has 138 valence electrons. The molecule has 9 heteroatoms. The molecular formula is C18H18N6O3. The minimum Gasteiger partial charge on any atom is -0.395 e. The van der Waals surface area contributed by atoms with Crippen molar-refractivity contribution in [1.82, 2.24) is 15.0 Å². The fourth-order valence-corrected chi connectivity index (χ4v) is 2.45. The van der Waals surface area contributed by atoms with Gasteiger partial charge in [-0.2, -0.15) is 4.98 Å². The van der Waals surface area contributed by atoms with Gasteiger partial charge >= 0.3 is 0 Å². The third-order valence-corrected chi connectivity index (χ3v) is 3.70. The molecule has 0 aliphatic heterocycles. The van der Waals surface area contributed by atoms with E-state index >= 15 is 0 Å². The molecule has 2 aromatic heterocycles. The van der Waals surface area contributed by atoms with Crippen molar-refractivity contribution in [3.05, 3.63) is 70.4 Å². The number of hydrogen-bond acceptors (Lipinski definition) is 8. The summed E-state index contributed by atoms with van der Waals surface area (Å²) < 4.78 is 0. The van der Waals surface area contributed by atoms with Gasteiger partial charge in [0, 0.05) is 37.0 Å². The van der Waals surface area contributed by atoms with Crippen molar-refractivity contribution in [2.75, 3.05) is 23.8 Å². The number of nitrogens with zero attached hydrogens (tertiary/aromatic N) is 4. The lowest BCUT2D eigenvalue weighted by molar-refractivity contribution is -0.385. The number of hydrogen-bond donors (Lipinski definition) is 3. The van der Waals surface area contributed by atoms with Crippen molar-refractivity contribution >= 4 is 17.5 Å². The van der Waals surface area contributed by atoms with E-state index in [1.807, 2.05) is 18.2 Å². The Labute approximate surface area is 155 Å². The molecule has 3 rings (SSSR count). The topological polar surface area (TPSA) is 126 Å². The Bertz CT molecular complexity index is 920. The number of aliphatic hydroxyl groups is 1. The number of aromatic nitrogens is 3. The van der Waals surface area contributed by atoms with Crippen LogP contribution in [0.4, 0.5) is 17.5 Å². The number of nitro benzene ring substituents is 1. The molecular weight excluding hydrogens is 348 g/mol. The summed E-state index contributed by atoms with van der Waals surface area (Å²) >= 11 is 0. The zero-order valence-electron chi connectivity index (χ0n) is 14.4. The lowest BCUT2D eigenvalue weighted by atomic mass is 10.2. The van der Waals surface area contributed by atoms with Crippen LogP contribution in [-0.2, 0) is 6.54 Å². The van der Waals surface area contributed by atoms with Crippen molar-refractivity contribution in [3.63, 3.8) is 0 Å². The van der Waals surface area contributed by atoms with Crippen LogP contribution in [0.15, 0.2) is 54.7 Å². The number of rotatable bonds is 8. The summed E-state index contributed by atoms with van der Waals surface area (Å²) in [6.45, 7) is 0.473. The maximum absolute atomic E-state index is 11.2. The fraction of sp³-hybridized carbons (Fsp3) is 0.167. The minimum atomic E-state index is -0.412. The zero-order valence-corrected chi connectivity index (χ0v) is 14.4. The molecule has 2 heterocycles. The van der Waals surface area contributed by atoms with E-state index in [4.69, 9.17) is 5.11 Å². The third-order valence-electron chi connectivity index (χ3n) is 3.70. The highest BCUT2D eigenvalue weighted by atomic mass is 16.6. The molecule has 1 aromatic carbocycles. The highest BCUT2D eigenvalue weighted by Gasteiger charge is 2.13. The summed E-state index contributed by atoms with van der Waals surface area (Å²) in [4.78, 5) is 23.8. The number of nitro groups is 1. The summed E-state index contributed by atoms with van der Waals surface area (Å²) in [5, 5.41) is 26.2. The predicted molar refractivity (Wildman–Crippen MR) is 101 cm³/mol. The maximum Gasteiger partial charge on any atom is 0.274 e. The van der Waals surface area contributed by atoms with E-state index in [2.05, 4.69) is 25.6 Å². The second-order valence-corrected chi connectivity index (χ2v) is 5.57. The first-order chi connectivity index (χ1) is 13.2. The fourth-order valence-electron chi connectivity index (χ4n) is 2.45. The monoisotopic (exact) mass is 366 g/mol. The van der Waals surface area contributed by atoms with E-state index in [1.165, 1.54) is 6.07 Å². The van der Waals surface area contributed by atoms with E-state index in [0.717, 1.165) is 0 Å². The Morgan fingerprint density at radius 1 is 1.04 bits per heavy atom. The average Bonchev–Trinajstić information content (AvgIpc) is 2.71.